The van der Waals surface area contributed by atoms with E-state index in [1.165, 1.54) is 32.1 Å². The number of amides is 1. The molecule has 2 N–H and O–H groups in total. The van der Waals surface area contributed by atoms with E-state index in [-0.39, 0.29) is 22.8 Å². The molecule has 1 aliphatic heterocycles. The zero-order valence-corrected chi connectivity index (χ0v) is 15.2. The number of carbonyl (C=O) groups excluding carboxylic acids is 1. The summed E-state index contributed by atoms with van der Waals surface area (Å²) in [4.78, 5) is 12.1. The van der Waals surface area contributed by atoms with E-state index in [1.54, 1.807) is 18.2 Å². The summed E-state index contributed by atoms with van der Waals surface area (Å²) in [6, 6.07) is 5.07. The van der Waals surface area contributed by atoms with Crippen LogP contribution in [0.1, 0.15) is 50.5 Å². The third-order valence-corrected chi connectivity index (χ3v) is 8.43. The number of fused-ring (bicyclic) bond motifs is 1. The second-order valence-electron chi connectivity index (χ2n) is 8.54. The highest BCUT2D eigenvalue weighted by Gasteiger charge is 2.49. The number of rotatable bonds is 3. The summed E-state index contributed by atoms with van der Waals surface area (Å²) in [5.74, 6) is 2.28. The van der Waals surface area contributed by atoms with Crippen molar-refractivity contribution in [2.75, 3.05) is 5.32 Å². The Kier molecular flexibility index (Phi) is 3.36. The molecule has 0 aromatic heterocycles. The number of sulfonamides is 1. The molecule has 0 spiro atoms. The molecule has 134 valence electrons. The van der Waals surface area contributed by atoms with E-state index in [9.17, 15) is 13.2 Å². The standard InChI is InChI=1S/C19H24N2O3S/c1-10-16-9-15(2-3-17(16)20-19(10)22)25(23,24)21-18-13-5-11-4-12(7-13)8-14(18)6-11/h2-3,9-14,18,21H,4-8H2,1H3,(H,20,22)/t10-,11?,12?,13?,14?,18?/m1/s1. The van der Waals surface area contributed by atoms with E-state index >= 15 is 0 Å². The van der Waals surface area contributed by atoms with E-state index in [1.807, 2.05) is 6.92 Å². The largest absolute Gasteiger partial charge is 0.325 e. The Morgan fingerprint density at radius 2 is 1.68 bits per heavy atom. The van der Waals surface area contributed by atoms with Gasteiger partial charge in [0.1, 0.15) is 0 Å². The first-order valence-corrected chi connectivity index (χ1v) is 10.9. The summed E-state index contributed by atoms with van der Waals surface area (Å²) in [6.07, 6.45) is 6.08. The highest BCUT2D eigenvalue weighted by atomic mass is 32.2. The minimum atomic E-state index is -3.56. The van der Waals surface area contributed by atoms with E-state index < -0.39 is 10.0 Å². The molecule has 6 heteroatoms. The predicted octanol–water partition coefficient (Wildman–Crippen LogP) is 2.85. The van der Waals surface area contributed by atoms with E-state index in [0.29, 0.717) is 11.8 Å². The average Bonchev–Trinajstić information content (AvgIpc) is 2.84. The van der Waals surface area contributed by atoms with Gasteiger partial charge in [-0.15, -0.1) is 0 Å². The highest BCUT2D eigenvalue weighted by Crippen LogP contribution is 2.54. The molecule has 1 aromatic carbocycles. The second-order valence-corrected chi connectivity index (χ2v) is 10.3. The van der Waals surface area contributed by atoms with Crippen molar-refractivity contribution in [1.82, 2.24) is 4.72 Å². The quantitative estimate of drug-likeness (QED) is 0.870. The minimum Gasteiger partial charge on any atom is -0.325 e. The molecule has 0 unspecified atom stereocenters. The Hall–Kier alpha value is -1.40. The monoisotopic (exact) mass is 360 g/mol. The van der Waals surface area contributed by atoms with Gasteiger partial charge in [0.05, 0.1) is 10.8 Å². The molecular formula is C19H24N2O3S. The van der Waals surface area contributed by atoms with Gasteiger partial charge in [0.15, 0.2) is 0 Å². The first-order valence-electron chi connectivity index (χ1n) is 9.38. The van der Waals surface area contributed by atoms with Crippen LogP contribution in [0.4, 0.5) is 5.69 Å². The van der Waals surface area contributed by atoms with Gasteiger partial charge in [-0.2, -0.15) is 0 Å². The van der Waals surface area contributed by atoms with Crippen LogP contribution in [0.3, 0.4) is 0 Å². The number of anilines is 1. The maximum Gasteiger partial charge on any atom is 0.240 e. The number of hydrogen-bond acceptors (Lipinski definition) is 3. The van der Waals surface area contributed by atoms with Crippen molar-refractivity contribution in [3.8, 4) is 0 Å². The van der Waals surface area contributed by atoms with Crippen LogP contribution in [0.5, 0.6) is 0 Å². The van der Waals surface area contributed by atoms with Crippen molar-refractivity contribution in [1.29, 1.82) is 0 Å². The van der Waals surface area contributed by atoms with Crippen molar-refractivity contribution in [2.24, 2.45) is 23.7 Å². The Balaban J connectivity index is 1.42. The molecule has 6 rings (SSSR count). The van der Waals surface area contributed by atoms with Crippen LogP contribution in [0.25, 0.3) is 0 Å². The van der Waals surface area contributed by atoms with Gasteiger partial charge in [-0.1, -0.05) is 0 Å². The molecule has 0 saturated heterocycles. The van der Waals surface area contributed by atoms with Crippen molar-refractivity contribution >= 4 is 21.6 Å². The lowest BCUT2D eigenvalue weighted by atomic mass is 9.54. The van der Waals surface area contributed by atoms with Gasteiger partial charge >= 0.3 is 0 Å². The van der Waals surface area contributed by atoms with Crippen LogP contribution in [0, 0.1) is 23.7 Å². The third kappa shape index (κ3) is 2.45. The van der Waals surface area contributed by atoms with E-state index in [4.69, 9.17) is 0 Å². The summed E-state index contributed by atoms with van der Waals surface area (Å²) < 4.78 is 29.0. The number of benzene rings is 1. The maximum atomic E-state index is 13.0. The Morgan fingerprint density at radius 3 is 2.32 bits per heavy atom. The van der Waals surface area contributed by atoms with Gasteiger partial charge in [0, 0.05) is 11.7 Å². The van der Waals surface area contributed by atoms with Gasteiger partial charge in [0.2, 0.25) is 15.9 Å². The fraction of sp³-hybridized carbons (Fsp3) is 0.632. The normalized spacial score (nSPS) is 38.7. The summed E-state index contributed by atoms with van der Waals surface area (Å²) in [5.41, 5.74) is 1.50. The molecule has 0 radical (unpaired) electrons. The van der Waals surface area contributed by atoms with Crippen molar-refractivity contribution in [3.63, 3.8) is 0 Å². The van der Waals surface area contributed by atoms with Gasteiger partial charge < -0.3 is 5.32 Å². The molecule has 4 aliphatic carbocycles. The zero-order chi connectivity index (χ0) is 17.3. The van der Waals surface area contributed by atoms with Crippen LogP contribution < -0.4 is 10.0 Å². The molecule has 4 bridgehead atoms. The van der Waals surface area contributed by atoms with Crippen molar-refractivity contribution in [2.45, 2.75) is 55.9 Å². The first kappa shape index (κ1) is 15.8. The number of carbonyl (C=O) groups is 1. The molecule has 5 aliphatic rings. The lowest BCUT2D eigenvalue weighted by Gasteiger charge is -2.54. The summed E-state index contributed by atoms with van der Waals surface area (Å²) in [6.45, 7) is 1.81. The summed E-state index contributed by atoms with van der Waals surface area (Å²) >= 11 is 0. The van der Waals surface area contributed by atoms with Crippen molar-refractivity contribution < 1.29 is 13.2 Å². The molecule has 1 heterocycles. The second kappa shape index (κ2) is 5.30. The topological polar surface area (TPSA) is 75.3 Å². The molecule has 4 fully saturated rings. The van der Waals surface area contributed by atoms with Crippen LogP contribution in [-0.2, 0) is 14.8 Å². The van der Waals surface area contributed by atoms with E-state index in [0.717, 1.165) is 23.1 Å². The van der Waals surface area contributed by atoms with Crippen LogP contribution in [0.2, 0.25) is 0 Å². The van der Waals surface area contributed by atoms with Gasteiger partial charge in [-0.25, -0.2) is 13.1 Å². The lowest BCUT2D eigenvalue weighted by molar-refractivity contribution is -0.116. The SMILES string of the molecule is C[C@H]1C(=O)Nc2ccc(S(=O)(=O)NC3C4CC5CC(C4)CC3C5)cc21. The van der Waals surface area contributed by atoms with Crippen LogP contribution in [0.15, 0.2) is 23.1 Å². The summed E-state index contributed by atoms with van der Waals surface area (Å²) in [7, 11) is -3.56. The lowest BCUT2D eigenvalue weighted by Crippen LogP contribution is -2.55. The Morgan fingerprint density at radius 1 is 1.04 bits per heavy atom. The Bertz CT molecular complexity index is 820. The van der Waals surface area contributed by atoms with Crippen LogP contribution in [-0.4, -0.2) is 20.4 Å². The average molecular weight is 360 g/mol. The van der Waals surface area contributed by atoms with Crippen LogP contribution >= 0.6 is 0 Å². The highest BCUT2D eigenvalue weighted by molar-refractivity contribution is 7.89. The zero-order valence-electron chi connectivity index (χ0n) is 14.4. The first-order chi connectivity index (χ1) is 11.9. The molecule has 1 aromatic rings. The smallest absolute Gasteiger partial charge is 0.240 e. The molecule has 4 saturated carbocycles. The van der Waals surface area contributed by atoms with Crippen molar-refractivity contribution in [3.05, 3.63) is 23.8 Å². The summed E-state index contributed by atoms with van der Waals surface area (Å²) in [5, 5.41) is 2.80. The fourth-order valence-electron chi connectivity index (χ4n) is 5.93. The van der Waals surface area contributed by atoms with Gasteiger partial charge in [-0.3, -0.25) is 4.79 Å². The molecule has 25 heavy (non-hydrogen) atoms. The predicted molar refractivity (Wildman–Crippen MR) is 94.6 cm³/mol. The molecule has 1 amide bonds. The third-order valence-electron chi connectivity index (χ3n) is 6.97. The molecular weight excluding hydrogens is 336 g/mol. The number of nitrogens with one attached hydrogen (secondary N) is 2. The van der Waals surface area contributed by atoms with Gasteiger partial charge in [0.25, 0.3) is 0 Å². The van der Waals surface area contributed by atoms with E-state index in [2.05, 4.69) is 10.0 Å². The molecule has 5 nitrogen and oxygen atoms in total. The van der Waals surface area contributed by atoms with Gasteiger partial charge in [-0.05, 0) is 86.5 Å². The fourth-order valence-corrected chi connectivity index (χ4v) is 7.34. The number of hydrogen-bond donors (Lipinski definition) is 2. The Labute approximate surface area is 148 Å². The molecule has 1 atom stereocenters. The minimum absolute atomic E-state index is 0.0708. The maximum absolute atomic E-state index is 13.0.